The zero-order valence-electron chi connectivity index (χ0n) is 3.01. The quantitative estimate of drug-likeness (QED) is 0.433. The first-order valence-electron chi connectivity index (χ1n) is 1.13. The lowest BCUT2D eigenvalue weighted by atomic mass is 11.6. The zero-order valence-corrected chi connectivity index (χ0v) is 3.83. The minimum absolute atomic E-state index is 1.60. The van der Waals surface area contributed by atoms with Crippen LogP contribution in [0.1, 0.15) is 0 Å². The van der Waals surface area contributed by atoms with Crippen molar-refractivity contribution >= 4 is 10.2 Å². The fourth-order valence-corrected chi connectivity index (χ4v) is 0. The van der Waals surface area contributed by atoms with Crippen LogP contribution < -0.4 is 9.86 Å². The van der Waals surface area contributed by atoms with Gasteiger partial charge in [-0.2, -0.15) is 8.42 Å². The second-order valence-corrected chi connectivity index (χ2v) is 2.07. The minimum Gasteiger partial charge on any atom is -0.216 e. The summed E-state index contributed by atoms with van der Waals surface area (Å²) in [7, 11) is -0.729. The van der Waals surface area contributed by atoms with E-state index in [4.69, 9.17) is 0 Å². The highest BCUT2D eigenvalue weighted by molar-refractivity contribution is 7.87. The first kappa shape index (κ1) is 5.87. The van der Waals surface area contributed by atoms with E-state index in [1.807, 2.05) is 0 Å². The van der Waals surface area contributed by atoms with Gasteiger partial charge in [-0.1, -0.05) is 0 Å². The molecule has 3 N–H and O–H groups in total. The monoisotopic (exact) mass is 109 g/mol. The SMILES string of the molecule is [CH2]NS(N)(=O)=O. The molecule has 1 radical (unpaired) electrons. The molecule has 0 saturated heterocycles. The molecule has 0 amide bonds. The maximum Gasteiger partial charge on any atom is 0.274 e. The van der Waals surface area contributed by atoms with Crippen molar-refractivity contribution in [3.8, 4) is 0 Å². The van der Waals surface area contributed by atoms with Crippen LogP contribution in [0.25, 0.3) is 0 Å². The van der Waals surface area contributed by atoms with Crippen molar-refractivity contribution in [2.75, 3.05) is 0 Å². The number of nitrogens with one attached hydrogen (secondary N) is 1. The van der Waals surface area contributed by atoms with Gasteiger partial charge in [-0.15, -0.1) is 0 Å². The summed E-state index contributed by atoms with van der Waals surface area (Å²) in [6, 6.07) is 0. The second kappa shape index (κ2) is 1.55. The van der Waals surface area contributed by atoms with Crippen molar-refractivity contribution in [3.05, 3.63) is 7.05 Å². The Morgan fingerprint density at radius 3 is 1.83 bits per heavy atom. The van der Waals surface area contributed by atoms with Gasteiger partial charge in [0, 0.05) is 7.05 Å². The smallest absolute Gasteiger partial charge is 0.216 e. The lowest BCUT2D eigenvalue weighted by molar-refractivity contribution is 0.592. The molecule has 0 aromatic carbocycles. The standard InChI is InChI=1S/CH5N2O2S/c1-3-6(2,4)5/h3H,1H2,(H2,2,4,5). The fourth-order valence-electron chi connectivity index (χ4n) is 0. The molecule has 6 heavy (non-hydrogen) atoms. The normalized spacial score (nSPS) is 11.7. The lowest BCUT2D eigenvalue weighted by Crippen LogP contribution is -2.24. The third-order valence-electron chi connectivity index (χ3n) is 0.201. The van der Waals surface area contributed by atoms with E-state index in [9.17, 15) is 8.42 Å². The molecule has 0 fully saturated rings. The summed E-state index contributed by atoms with van der Waals surface area (Å²) in [6.07, 6.45) is 0. The maximum atomic E-state index is 9.60. The molecule has 0 rings (SSSR count). The number of hydrogen-bond acceptors (Lipinski definition) is 2. The van der Waals surface area contributed by atoms with Crippen LogP contribution in [0, 0.1) is 7.05 Å². The Morgan fingerprint density at radius 1 is 1.67 bits per heavy atom. The Kier molecular flexibility index (Phi) is 1.51. The molecule has 0 bridgehead atoms. The van der Waals surface area contributed by atoms with Gasteiger partial charge in [0.1, 0.15) is 0 Å². The Hall–Kier alpha value is -0.130. The Morgan fingerprint density at radius 2 is 1.83 bits per heavy atom. The Balaban J connectivity index is 3.85. The predicted octanol–water partition coefficient (Wildman–Crippen LogP) is -1.43. The first-order valence-corrected chi connectivity index (χ1v) is 2.67. The molecule has 0 spiro atoms. The Labute approximate surface area is 36.5 Å². The molecule has 4 nitrogen and oxygen atoms in total. The summed E-state index contributed by atoms with van der Waals surface area (Å²) in [5.74, 6) is 0. The molecule has 0 aliphatic carbocycles. The van der Waals surface area contributed by atoms with Crippen molar-refractivity contribution in [3.63, 3.8) is 0 Å². The van der Waals surface area contributed by atoms with Gasteiger partial charge in [0.15, 0.2) is 0 Å². The van der Waals surface area contributed by atoms with Crippen molar-refractivity contribution in [2.24, 2.45) is 5.14 Å². The summed E-state index contributed by atoms with van der Waals surface area (Å²) in [5.41, 5.74) is 0. The molecule has 0 aromatic heterocycles. The molecule has 37 valence electrons. The first-order chi connectivity index (χ1) is 2.56. The van der Waals surface area contributed by atoms with Gasteiger partial charge in [-0.3, -0.25) is 0 Å². The van der Waals surface area contributed by atoms with Crippen LogP contribution in [0.2, 0.25) is 0 Å². The van der Waals surface area contributed by atoms with Crippen LogP contribution in [0.15, 0.2) is 0 Å². The van der Waals surface area contributed by atoms with Crippen LogP contribution in [-0.4, -0.2) is 8.42 Å². The van der Waals surface area contributed by atoms with Crippen molar-refractivity contribution < 1.29 is 8.42 Å². The van der Waals surface area contributed by atoms with Gasteiger partial charge < -0.3 is 0 Å². The fraction of sp³-hybridized carbons (Fsp3) is 0. The van der Waals surface area contributed by atoms with E-state index in [1.54, 1.807) is 4.72 Å². The van der Waals surface area contributed by atoms with Crippen molar-refractivity contribution in [1.29, 1.82) is 0 Å². The number of nitrogens with two attached hydrogens (primary N) is 1. The van der Waals surface area contributed by atoms with E-state index in [0.717, 1.165) is 0 Å². The van der Waals surface area contributed by atoms with Crippen LogP contribution in [-0.2, 0) is 10.2 Å². The molecule has 0 aliphatic rings. The van der Waals surface area contributed by atoms with Crippen molar-refractivity contribution in [2.45, 2.75) is 0 Å². The molecule has 0 aromatic rings. The average molecular weight is 109 g/mol. The van der Waals surface area contributed by atoms with Gasteiger partial charge in [0.2, 0.25) is 0 Å². The second-order valence-electron chi connectivity index (χ2n) is 0.689. The molecular weight excluding hydrogens is 104 g/mol. The van der Waals surface area contributed by atoms with Gasteiger partial charge in [0.05, 0.1) is 0 Å². The van der Waals surface area contributed by atoms with E-state index in [-0.39, 0.29) is 0 Å². The average Bonchev–Trinajstić information content (AvgIpc) is 1.35. The molecule has 0 aliphatic heterocycles. The minimum atomic E-state index is -3.52. The van der Waals surface area contributed by atoms with Crippen LogP contribution in [0.4, 0.5) is 0 Å². The van der Waals surface area contributed by atoms with Gasteiger partial charge in [0.25, 0.3) is 10.2 Å². The number of rotatable bonds is 1. The highest BCUT2D eigenvalue weighted by Gasteiger charge is 1.88. The summed E-state index contributed by atoms with van der Waals surface area (Å²) in [4.78, 5) is 0. The molecule has 0 saturated carbocycles. The highest BCUT2D eigenvalue weighted by atomic mass is 32.2. The van der Waals surface area contributed by atoms with Gasteiger partial charge in [-0.05, 0) is 0 Å². The van der Waals surface area contributed by atoms with E-state index in [1.165, 1.54) is 0 Å². The maximum absolute atomic E-state index is 9.60. The Bertz CT molecular complexity index is 114. The summed E-state index contributed by atoms with van der Waals surface area (Å²) in [6.45, 7) is 0. The summed E-state index contributed by atoms with van der Waals surface area (Å²) in [5, 5.41) is 4.33. The van der Waals surface area contributed by atoms with E-state index < -0.39 is 10.2 Å². The lowest BCUT2D eigenvalue weighted by Gasteiger charge is -1.84. The highest BCUT2D eigenvalue weighted by Crippen LogP contribution is 1.55. The molecular formula is CH5N2O2S. The molecule has 0 atom stereocenters. The summed E-state index contributed by atoms with van der Waals surface area (Å²) >= 11 is 0. The van der Waals surface area contributed by atoms with Gasteiger partial charge >= 0.3 is 0 Å². The van der Waals surface area contributed by atoms with Crippen molar-refractivity contribution in [1.82, 2.24) is 4.72 Å². The largest absolute Gasteiger partial charge is 0.274 e. The molecule has 5 heteroatoms. The number of hydrogen-bond donors (Lipinski definition) is 2. The van der Waals surface area contributed by atoms with Crippen LogP contribution in [0.5, 0.6) is 0 Å². The van der Waals surface area contributed by atoms with Crippen LogP contribution >= 0.6 is 0 Å². The topological polar surface area (TPSA) is 72.2 Å². The molecule has 0 heterocycles. The predicted molar refractivity (Wildman–Crippen MR) is 21.6 cm³/mol. The van der Waals surface area contributed by atoms with E-state index in [0.29, 0.717) is 0 Å². The van der Waals surface area contributed by atoms with E-state index in [2.05, 4.69) is 12.2 Å². The van der Waals surface area contributed by atoms with Crippen LogP contribution in [0.3, 0.4) is 0 Å². The van der Waals surface area contributed by atoms with E-state index >= 15 is 0 Å². The molecule has 0 unspecified atom stereocenters. The van der Waals surface area contributed by atoms with Gasteiger partial charge in [-0.25, -0.2) is 9.86 Å². The zero-order chi connectivity index (χ0) is 5.21. The summed E-state index contributed by atoms with van der Waals surface area (Å²) < 4.78 is 20.8. The third-order valence-corrected chi connectivity index (χ3v) is 0.604. The third kappa shape index (κ3) is 3.87.